The average Bonchev–Trinajstić information content (AvgIpc) is 2.90. The quantitative estimate of drug-likeness (QED) is 0.402. The lowest BCUT2D eigenvalue weighted by atomic mass is 10.1. The summed E-state index contributed by atoms with van der Waals surface area (Å²) in [5, 5.41) is 9.05. The molecule has 0 amide bonds. The van der Waals surface area contributed by atoms with Gasteiger partial charge in [0.1, 0.15) is 4.70 Å². The van der Waals surface area contributed by atoms with E-state index in [-0.39, 0.29) is 16.5 Å². The Morgan fingerprint density at radius 3 is 2.75 bits per heavy atom. The molecule has 0 aliphatic carbocycles. The molecule has 2 aromatic heterocycles. The molecule has 2 N–H and O–H groups in total. The molecule has 0 atom stereocenters. The molecule has 9 heteroatoms. The zero-order chi connectivity index (χ0) is 17.3. The van der Waals surface area contributed by atoms with E-state index in [0.717, 1.165) is 23.9 Å². The van der Waals surface area contributed by atoms with Crippen LogP contribution in [0.2, 0.25) is 0 Å². The normalized spacial score (nSPS) is 11.0. The van der Waals surface area contributed by atoms with E-state index >= 15 is 0 Å². The Hall–Kier alpha value is -1.97. The number of carboxylic acids is 1. The number of benzene rings is 1. The van der Waals surface area contributed by atoms with Gasteiger partial charge in [0.15, 0.2) is 14.8 Å². The highest BCUT2D eigenvalue weighted by Gasteiger charge is 2.14. The summed E-state index contributed by atoms with van der Waals surface area (Å²) in [7, 11) is 0. The van der Waals surface area contributed by atoms with Crippen molar-refractivity contribution in [3.8, 4) is 5.69 Å². The zero-order valence-electron chi connectivity index (χ0n) is 12.6. The predicted molar refractivity (Wildman–Crippen MR) is 98.1 cm³/mol. The molecule has 24 heavy (non-hydrogen) atoms. The SMILES string of the molecule is CCc1ccc(-n2c(=S)sc3c(=O)[nH]c(SCC(=O)O)nc32)cc1. The Morgan fingerprint density at radius 1 is 1.42 bits per heavy atom. The minimum absolute atomic E-state index is 0.176. The molecular weight excluding hydrogens is 366 g/mol. The molecule has 6 nitrogen and oxygen atoms in total. The largest absolute Gasteiger partial charge is 0.481 e. The van der Waals surface area contributed by atoms with E-state index in [9.17, 15) is 9.59 Å². The summed E-state index contributed by atoms with van der Waals surface area (Å²) < 4.78 is 2.70. The molecule has 1 aromatic carbocycles. The van der Waals surface area contributed by atoms with Gasteiger partial charge in [0.05, 0.1) is 5.75 Å². The van der Waals surface area contributed by atoms with Gasteiger partial charge in [-0.25, -0.2) is 4.98 Å². The Labute approximate surface area is 150 Å². The van der Waals surface area contributed by atoms with Crippen LogP contribution in [0.15, 0.2) is 34.2 Å². The Morgan fingerprint density at radius 2 is 2.12 bits per heavy atom. The lowest BCUT2D eigenvalue weighted by Crippen LogP contribution is -2.10. The first-order valence-electron chi connectivity index (χ1n) is 7.09. The zero-order valence-corrected chi connectivity index (χ0v) is 15.1. The predicted octanol–water partition coefficient (Wildman–Crippen LogP) is 3.24. The number of aromatic nitrogens is 3. The van der Waals surface area contributed by atoms with Crippen LogP contribution in [0.1, 0.15) is 12.5 Å². The van der Waals surface area contributed by atoms with Crippen LogP contribution < -0.4 is 5.56 Å². The summed E-state index contributed by atoms with van der Waals surface area (Å²) in [5.41, 5.74) is 2.17. The van der Waals surface area contributed by atoms with E-state index < -0.39 is 5.97 Å². The molecule has 124 valence electrons. The average molecular weight is 379 g/mol. The molecule has 3 rings (SSSR count). The molecule has 0 fully saturated rings. The number of aliphatic carboxylic acids is 1. The van der Waals surface area contributed by atoms with Gasteiger partial charge in [-0.3, -0.25) is 14.2 Å². The number of hydrogen-bond acceptors (Lipinski definition) is 6. The smallest absolute Gasteiger partial charge is 0.313 e. The number of thiazole rings is 1. The molecule has 3 aromatic rings. The monoisotopic (exact) mass is 379 g/mol. The second-order valence-corrected chi connectivity index (χ2v) is 7.54. The van der Waals surface area contributed by atoms with Crippen molar-refractivity contribution >= 4 is 51.6 Å². The number of thioether (sulfide) groups is 1. The van der Waals surface area contributed by atoms with Gasteiger partial charge in [-0.2, -0.15) is 0 Å². The standard InChI is InChI=1S/C15H13N3O3S3/c1-2-8-3-5-9(6-4-8)18-12-11(24-15(18)22)13(21)17-14(16-12)23-7-10(19)20/h3-6H,2,7H2,1H3,(H,19,20)(H,16,17,21). The number of nitrogens with one attached hydrogen (secondary N) is 1. The maximum Gasteiger partial charge on any atom is 0.313 e. The van der Waals surface area contributed by atoms with Crippen LogP contribution in [0.3, 0.4) is 0 Å². The molecule has 0 radical (unpaired) electrons. The number of rotatable bonds is 5. The van der Waals surface area contributed by atoms with Crippen molar-refractivity contribution in [2.24, 2.45) is 0 Å². The maximum absolute atomic E-state index is 12.2. The van der Waals surface area contributed by atoms with Crippen molar-refractivity contribution in [1.82, 2.24) is 14.5 Å². The van der Waals surface area contributed by atoms with Gasteiger partial charge in [-0.05, 0) is 36.3 Å². The van der Waals surface area contributed by atoms with Gasteiger partial charge in [0, 0.05) is 5.69 Å². The second-order valence-electron chi connectivity index (χ2n) is 4.93. The highest BCUT2D eigenvalue weighted by molar-refractivity contribution is 7.99. The van der Waals surface area contributed by atoms with Crippen molar-refractivity contribution in [3.05, 3.63) is 44.1 Å². The number of fused-ring (bicyclic) bond motifs is 1. The number of H-pyrrole nitrogens is 1. The minimum atomic E-state index is -0.972. The summed E-state index contributed by atoms with van der Waals surface area (Å²) in [5.74, 6) is -1.15. The fourth-order valence-corrected chi connectivity index (χ4v) is 4.05. The van der Waals surface area contributed by atoms with Crippen molar-refractivity contribution in [2.45, 2.75) is 18.5 Å². The molecular formula is C15H13N3O3S3. The van der Waals surface area contributed by atoms with Crippen LogP contribution in [-0.4, -0.2) is 31.4 Å². The van der Waals surface area contributed by atoms with Gasteiger partial charge in [0.25, 0.3) is 5.56 Å². The van der Waals surface area contributed by atoms with Crippen LogP contribution in [0, 0.1) is 3.95 Å². The van der Waals surface area contributed by atoms with Crippen molar-refractivity contribution < 1.29 is 9.90 Å². The lowest BCUT2D eigenvalue weighted by molar-refractivity contribution is -0.133. The second kappa shape index (κ2) is 6.88. The van der Waals surface area contributed by atoms with Crippen molar-refractivity contribution in [2.75, 3.05) is 5.75 Å². The van der Waals surface area contributed by atoms with Gasteiger partial charge in [-0.15, -0.1) is 0 Å². The highest BCUT2D eigenvalue weighted by atomic mass is 32.2. The van der Waals surface area contributed by atoms with Crippen LogP contribution >= 0.6 is 35.3 Å². The number of hydrogen-bond donors (Lipinski definition) is 2. The Balaban J connectivity index is 2.16. The van der Waals surface area contributed by atoms with E-state index in [2.05, 4.69) is 16.9 Å². The van der Waals surface area contributed by atoms with Crippen LogP contribution in [0.25, 0.3) is 16.0 Å². The fraction of sp³-hybridized carbons (Fsp3) is 0.200. The van der Waals surface area contributed by atoms with E-state index in [1.54, 1.807) is 4.57 Å². The van der Waals surface area contributed by atoms with Gasteiger partial charge in [0.2, 0.25) is 0 Å². The molecule has 0 unspecified atom stereocenters. The van der Waals surface area contributed by atoms with E-state index in [1.807, 2.05) is 24.3 Å². The van der Waals surface area contributed by atoms with Crippen molar-refractivity contribution in [3.63, 3.8) is 0 Å². The topological polar surface area (TPSA) is 88.0 Å². The molecule has 0 spiro atoms. The molecule has 2 heterocycles. The molecule has 0 bridgehead atoms. The summed E-state index contributed by atoms with van der Waals surface area (Å²) in [6, 6.07) is 7.89. The van der Waals surface area contributed by atoms with E-state index in [1.165, 1.54) is 16.9 Å². The summed E-state index contributed by atoms with van der Waals surface area (Å²) >= 11 is 7.55. The van der Waals surface area contributed by atoms with Crippen LogP contribution in [0.5, 0.6) is 0 Å². The number of aryl methyl sites for hydroxylation is 1. The maximum atomic E-state index is 12.2. The van der Waals surface area contributed by atoms with Gasteiger partial charge >= 0.3 is 5.97 Å². The first kappa shape index (κ1) is 16.9. The Kier molecular flexibility index (Phi) is 4.83. The number of carbonyl (C=O) groups is 1. The number of aromatic amines is 1. The fourth-order valence-electron chi connectivity index (χ4n) is 2.20. The lowest BCUT2D eigenvalue weighted by Gasteiger charge is -2.06. The third-order valence-electron chi connectivity index (χ3n) is 3.36. The summed E-state index contributed by atoms with van der Waals surface area (Å²) in [6.45, 7) is 2.08. The minimum Gasteiger partial charge on any atom is -0.481 e. The Bertz CT molecular complexity index is 1020. The summed E-state index contributed by atoms with van der Waals surface area (Å²) in [4.78, 5) is 29.9. The third kappa shape index (κ3) is 3.28. The molecule has 0 saturated carbocycles. The van der Waals surface area contributed by atoms with E-state index in [4.69, 9.17) is 17.3 Å². The van der Waals surface area contributed by atoms with E-state index in [0.29, 0.717) is 14.3 Å². The molecule has 0 saturated heterocycles. The molecule has 0 aliphatic rings. The molecule has 0 aliphatic heterocycles. The highest BCUT2D eigenvalue weighted by Crippen LogP contribution is 2.24. The number of nitrogens with zero attached hydrogens (tertiary/aromatic N) is 2. The summed E-state index contributed by atoms with van der Waals surface area (Å²) in [6.07, 6.45) is 0.934. The first-order valence-corrected chi connectivity index (χ1v) is 9.30. The third-order valence-corrected chi connectivity index (χ3v) is 5.58. The van der Waals surface area contributed by atoms with Gasteiger partial charge < -0.3 is 10.1 Å². The van der Waals surface area contributed by atoms with Crippen molar-refractivity contribution in [1.29, 1.82) is 0 Å². The number of carboxylic acid groups (broad SMARTS) is 1. The first-order chi connectivity index (χ1) is 11.5. The van der Waals surface area contributed by atoms with Crippen LogP contribution in [-0.2, 0) is 11.2 Å². The van der Waals surface area contributed by atoms with Gasteiger partial charge in [-0.1, -0.05) is 42.2 Å². The van der Waals surface area contributed by atoms with Crippen LogP contribution in [0.4, 0.5) is 0 Å².